The van der Waals surface area contributed by atoms with Gasteiger partial charge in [0, 0.05) is 5.69 Å². The van der Waals surface area contributed by atoms with Crippen LogP contribution in [0.1, 0.15) is 5.56 Å². The van der Waals surface area contributed by atoms with E-state index in [4.69, 9.17) is 16.6 Å². The molecule has 0 aliphatic carbocycles. The van der Waals surface area contributed by atoms with Crippen LogP contribution in [-0.4, -0.2) is 5.11 Å². The van der Waals surface area contributed by atoms with Crippen molar-refractivity contribution in [2.75, 3.05) is 11.5 Å². The number of phenolic OH excluding ortho intramolecular Hbond substituents is 1. The highest BCUT2D eigenvalue weighted by atomic mass is 16.3. The number of rotatable bonds is 0. The van der Waals surface area contributed by atoms with Crippen LogP contribution in [0.4, 0.5) is 11.4 Å². The summed E-state index contributed by atoms with van der Waals surface area (Å²) in [4.78, 5) is 0. The molecule has 0 amide bonds. The van der Waals surface area contributed by atoms with Gasteiger partial charge in [0.2, 0.25) is 0 Å². The van der Waals surface area contributed by atoms with E-state index in [2.05, 4.69) is 0 Å². The number of aromatic hydroxyl groups is 1. The molecule has 0 fully saturated rings. The molecule has 0 radical (unpaired) electrons. The van der Waals surface area contributed by atoms with Gasteiger partial charge in [-0.2, -0.15) is 0 Å². The molecule has 54 valence electrons. The van der Waals surface area contributed by atoms with Crippen molar-refractivity contribution in [3.05, 3.63) is 17.7 Å². The van der Waals surface area contributed by atoms with Gasteiger partial charge in [-0.05, 0) is 24.6 Å². The molecule has 3 nitrogen and oxygen atoms in total. The Morgan fingerprint density at radius 3 is 2.30 bits per heavy atom. The lowest BCUT2D eigenvalue weighted by atomic mass is 10.2. The highest BCUT2D eigenvalue weighted by molar-refractivity contribution is 5.63. The number of phenols is 1. The molecular formula is C7H10N2O. The molecule has 0 saturated carbocycles. The normalized spacial score (nSPS) is 9.70. The van der Waals surface area contributed by atoms with Crippen molar-refractivity contribution >= 4 is 11.4 Å². The zero-order chi connectivity index (χ0) is 7.72. The number of nitrogens with two attached hydrogens (primary N) is 2. The molecule has 0 saturated heterocycles. The SMILES string of the molecule is Cc1cc(O)c(N)cc1N. The van der Waals surface area contributed by atoms with Crippen LogP contribution in [-0.2, 0) is 0 Å². The Hall–Kier alpha value is -1.38. The third-order valence-electron chi connectivity index (χ3n) is 1.42. The maximum Gasteiger partial charge on any atom is 0.138 e. The van der Waals surface area contributed by atoms with Crippen LogP contribution < -0.4 is 11.5 Å². The van der Waals surface area contributed by atoms with Gasteiger partial charge in [0.05, 0.1) is 5.69 Å². The molecule has 0 unspecified atom stereocenters. The first-order chi connectivity index (χ1) is 4.61. The Kier molecular flexibility index (Phi) is 1.41. The molecule has 0 aliphatic rings. The van der Waals surface area contributed by atoms with Gasteiger partial charge in [0.1, 0.15) is 5.75 Å². The largest absolute Gasteiger partial charge is 0.506 e. The van der Waals surface area contributed by atoms with E-state index in [9.17, 15) is 0 Å². The summed E-state index contributed by atoms with van der Waals surface area (Å²) in [5.41, 5.74) is 12.6. The zero-order valence-corrected chi connectivity index (χ0v) is 5.76. The van der Waals surface area contributed by atoms with Gasteiger partial charge < -0.3 is 16.6 Å². The van der Waals surface area contributed by atoms with Crippen molar-refractivity contribution in [1.82, 2.24) is 0 Å². The van der Waals surface area contributed by atoms with Crippen molar-refractivity contribution < 1.29 is 5.11 Å². The van der Waals surface area contributed by atoms with Crippen molar-refractivity contribution in [3.63, 3.8) is 0 Å². The summed E-state index contributed by atoms with van der Waals surface area (Å²) in [7, 11) is 0. The summed E-state index contributed by atoms with van der Waals surface area (Å²) in [5.74, 6) is 0.0895. The van der Waals surface area contributed by atoms with Crippen LogP contribution in [0.25, 0.3) is 0 Å². The summed E-state index contributed by atoms with van der Waals surface area (Å²) in [6.45, 7) is 1.81. The monoisotopic (exact) mass is 138 g/mol. The van der Waals surface area contributed by atoms with Crippen LogP contribution in [0.2, 0.25) is 0 Å². The number of hydrogen-bond acceptors (Lipinski definition) is 3. The van der Waals surface area contributed by atoms with E-state index in [0.29, 0.717) is 11.4 Å². The first-order valence-corrected chi connectivity index (χ1v) is 2.96. The van der Waals surface area contributed by atoms with E-state index in [0.717, 1.165) is 5.56 Å². The molecule has 0 heterocycles. The van der Waals surface area contributed by atoms with E-state index in [1.165, 1.54) is 0 Å². The minimum absolute atomic E-state index is 0.0895. The van der Waals surface area contributed by atoms with Gasteiger partial charge in [-0.1, -0.05) is 0 Å². The smallest absolute Gasteiger partial charge is 0.138 e. The van der Waals surface area contributed by atoms with E-state index in [-0.39, 0.29) is 5.75 Å². The first-order valence-electron chi connectivity index (χ1n) is 2.96. The summed E-state index contributed by atoms with van der Waals surface area (Å²) in [6.07, 6.45) is 0. The van der Waals surface area contributed by atoms with Gasteiger partial charge in [0.25, 0.3) is 0 Å². The topological polar surface area (TPSA) is 72.3 Å². The van der Waals surface area contributed by atoms with Crippen LogP contribution in [0, 0.1) is 6.92 Å². The number of anilines is 2. The van der Waals surface area contributed by atoms with Crippen LogP contribution in [0.15, 0.2) is 12.1 Å². The quantitative estimate of drug-likeness (QED) is 0.283. The van der Waals surface area contributed by atoms with Crippen LogP contribution in [0.5, 0.6) is 5.75 Å². The Morgan fingerprint density at radius 2 is 1.80 bits per heavy atom. The molecule has 5 N–H and O–H groups in total. The number of hydrogen-bond donors (Lipinski definition) is 3. The molecule has 0 aliphatic heterocycles. The molecule has 1 rings (SSSR count). The fraction of sp³-hybridized carbons (Fsp3) is 0.143. The second kappa shape index (κ2) is 2.10. The number of benzene rings is 1. The Morgan fingerprint density at radius 1 is 1.20 bits per heavy atom. The number of nitrogen functional groups attached to an aromatic ring is 2. The van der Waals surface area contributed by atoms with Crippen molar-refractivity contribution in [1.29, 1.82) is 0 Å². The highest BCUT2D eigenvalue weighted by Gasteiger charge is 1.98. The molecule has 3 heteroatoms. The molecule has 10 heavy (non-hydrogen) atoms. The zero-order valence-electron chi connectivity index (χ0n) is 5.76. The summed E-state index contributed by atoms with van der Waals surface area (Å²) < 4.78 is 0. The third-order valence-corrected chi connectivity index (χ3v) is 1.42. The lowest BCUT2D eigenvalue weighted by Gasteiger charge is -2.02. The molecule has 0 aromatic heterocycles. The van der Waals surface area contributed by atoms with Gasteiger partial charge in [-0.15, -0.1) is 0 Å². The van der Waals surface area contributed by atoms with E-state index < -0.39 is 0 Å². The predicted octanol–water partition coefficient (Wildman–Crippen LogP) is 0.865. The average Bonchev–Trinajstić information content (AvgIpc) is 1.84. The van der Waals surface area contributed by atoms with E-state index in [1.54, 1.807) is 12.1 Å². The molecule has 1 aromatic rings. The highest BCUT2D eigenvalue weighted by Crippen LogP contribution is 2.25. The van der Waals surface area contributed by atoms with Gasteiger partial charge in [-0.3, -0.25) is 0 Å². The minimum atomic E-state index is 0.0895. The number of aryl methyl sites for hydroxylation is 1. The maximum absolute atomic E-state index is 9.04. The minimum Gasteiger partial charge on any atom is -0.506 e. The fourth-order valence-corrected chi connectivity index (χ4v) is 0.727. The fourth-order valence-electron chi connectivity index (χ4n) is 0.727. The molecule has 0 spiro atoms. The summed E-state index contributed by atoms with van der Waals surface area (Å²) in [5, 5.41) is 9.04. The van der Waals surface area contributed by atoms with Crippen LogP contribution in [0.3, 0.4) is 0 Å². The van der Waals surface area contributed by atoms with Gasteiger partial charge in [0.15, 0.2) is 0 Å². The third kappa shape index (κ3) is 0.978. The Balaban J connectivity index is 3.28. The second-order valence-electron chi connectivity index (χ2n) is 2.27. The molecule has 1 aromatic carbocycles. The first kappa shape index (κ1) is 6.74. The van der Waals surface area contributed by atoms with E-state index in [1.807, 2.05) is 6.92 Å². The standard InChI is InChI=1S/C7H10N2O/c1-4-2-7(10)6(9)3-5(4)8/h2-3,10H,8-9H2,1H3. The molecule has 0 bridgehead atoms. The van der Waals surface area contributed by atoms with Gasteiger partial charge >= 0.3 is 0 Å². The van der Waals surface area contributed by atoms with Crippen molar-refractivity contribution in [2.24, 2.45) is 0 Å². The molecule has 0 atom stereocenters. The lowest BCUT2D eigenvalue weighted by molar-refractivity contribution is 0.477. The average molecular weight is 138 g/mol. The van der Waals surface area contributed by atoms with Crippen molar-refractivity contribution in [3.8, 4) is 5.75 Å². The second-order valence-corrected chi connectivity index (χ2v) is 2.27. The Labute approximate surface area is 59.3 Å². The Bertz CT molecular complexity index is 208. The maximum atomic E-state index is 9.04. The summed E-state index contributed by atoms with van der Waals surface area (Å²) >= 11 is 0. The lowest BCUT2D eigenvalue weighted by Crippen LogP contribution is -1.92. The summed E-state index contributed by atoms with van der Waals surface area (Å²) in [6, 6.07) is 3.09. The van der Waals surface area contributed by atoms with E-state index >= 15 is 0 Å². The predicted molar refractivity (Wildman–Crippen MR) is 41.7 cm³/mol. The van der Waals surface area contributed by atoms with Gasteiger partial charge in [-0.25, -0.2) is 0 Å². The van der Waals surface area contributed by atoms with Crippen LogP contribution >= 0.6 is 0 Å². The molecular weight excluding hydrogens is 128 g/mol. The van der Waals surface area contributed by atoms with Crippen molar-refractivity contribution in [2.45, 2.75) is 6.92 Å².